The van der Waals surface area contributed by atoms with E-state index in [1.807, 2.05) is 0 Å². The average Bonchev–Trinajstić information content (AvgIpc) is 2.74. The maximum atomic E-state index is 8.89. The molecule has 3 aromatic carbocycles. The van der Waals surface area contributed by atoms with Crippen molar-refractivity contribution < 1.29 is 9.90 Å². The number of carboxylic acid groups (broad SMARTS) is 1. The zero-order valence-corrected chi connectivity index (χ0v) is 21.2. The van der Waals surface area contributed by atoms with Crippen molar-refractivity contribution in [2.75, 3.05) is 0 Å². The van der Waals surface area contributed by atoms with E-state index in [1.165, 1.54) is 31.4 Å². The molecule has 0 bridgehead atoms. The second-order valence-corrected chi connectivity index (χ2v) is 11.0. The lowest BCUT2D eigenvalue weighted by atomic mass is 10.0. The number of carbonyl (C=O) groups excluding carboxylic acids is 1. The lowest BCUT2D eigenvalue weighted by Gasteiger charge is -2.12. The van der Waals surface area contributed by atoms with Gasteiger partial charge in [0.15, 0.2) is 14.7 Å². The van der Waals surface area contributed by atoms with Gasteiger partial charge in [-0.15, -0.1) is 0 Å². The van der Waals surface area contributed by atoms with Crippen LogP contribution in [0.15, 0.2) is 87.5 Å². The molecule has 2 nitrogen and oxygen atoms in total. The summed E-state index contributed by atoms with van der Waals surface area (Å²) in [5.74, 6) is 0.601. The van der Waals surface area contributed by atoms with Crippen molar-refractivity contribution >= 4 is 16.9 Å². The normalized spacial score (nSPS) is 11.1. The molecule has 32 heavy (non-hydrogen) atoms. The molecule has 0 unspecified atom stereocenters. The van der Waals surface area contributed by atoms with Crippen LogP contribution in [0.2, 0.25) is 0 Å². The highest BCUT2D eigenvalue weighted by atomic mass is 32.2. The molecule has 170 valence electrons. The third kappa shape index (κ3) is 7.27. The first-order valence-electron chi connectivity index (χ1n) is 11.3. The van der Waals surface area contributed by atoms with Gasteiger partial charge < -0.3 is 9.90 Å². The minimum Gasteiger partial charge on any atom is -0.550 e. The molecule has 0 atom stereocenters. The highest BCUT2D eigenvalue weighted by molar-refractivity contribution is 7.97. The van der Waals surface area contributed by atoms with Crippen molar-refractivity contribution in [2.24, 2.45) is 0 Å². The third-order valence-corrected chi connectivity index (χ3v) is 7.58. The molecular weight excluding hydrogens is 412 g/mol. The van der Waals surface area contributed by atoms with Crippen LogP contribution in [-0.2, 0) is 15.7 Å². The Morgan fingerprint density at radius 2 is 0.750 bits per heavy atom. The molecule has 0 aliphatic rings. The predicted molar refractivity (Wildman–Crippen MR) is 134 cm³/mol. The summed E-state index contributed by atoms with van der Waals surface area (Å²) < 4.78 is 0. The van der Waals surface area contributed by atoms with Gasteiger partial charge in [0, 0.05) is 5.97 Å². The van der Waals surface area contributed by atoms with Gasteiger partial charge >= 0.3 is 0 Å². The smallest absolute Gasteiger partial charge is 0.166 e. The maximum absolute atomic E-state index is 8.89. The number of hydrogen-bond acceptors (Lipinski definition) is 2. The summed E-state index contributed by atoms with van der Waals surface area (Å²) in [5, 5.41) is 8.89. The predicted octanol–water partition coefficient (Wildman–Crippen LogP) is 6.91. The maximum Gasteiger partial charge on any atom is 0.166 e. The van der Waals surface area contributed by atoms with Crippen LogP contribution >= 0.6 is 0 Å². The number of carbonyl (C=O) groups is 1. The molecule has 0 aliphatic heterocycles. The van der Waals surface area contributed by atoms with Crippen LogP contribution in [0.25, 0.3) is 0 Å². The molecule has 0 spiro atoms. The Kier molecular flexibility index (Phi) is 9.59. The van der Waals surface area contributed by atoms with Crippen LogP contribution in [0.1, 0.15) is 82.9 Å². The largest absolute Gasteiger partial charge is 0.550 e. The van der Waals surface area contributed by atoms with Crippen LogP contribution in [-0.4, -0.2) is 5.97 Å². The van der Waals surface area contributed by atoms with Crippen LogP contribution in [0, 0.1) is 0 Å². The second-order valence-electron chi connectivity index (χ2n) is 8.97. The SMILES string of the molecule is CC(=O)[O-].CC(C)c1ccc([S+](c2ccc(C(C)C)cc2)c2ccc(C(C)C)cc2)cc1. The van der Waals surface area contributed by atoms with Crippen molar-refractivity contribution in [3.05, 3.63) is 89.5 Å². The highest BCUT2D eigenvalue weighted by Crippen LogP contribution is 2.33. The molecule has 0 saturated heterocycles. The van der Waals surface area contributed by atoms with E-state index in [4.69, 9.17) is 9.90 Å². The summed E-state index contributed by atoms with van der Waals surface area (Å²) >= 11 is 0. The molecule has 0 aliphatic carbocycles. The standard InChI is InChI=1S/C27H33S.C2H4O2/c1-19(2)22-7-13-25(14-8-22)28(26-15-9-23(10-16-26)20(3)4)27-17-11-24(12-18-27)21(5)6;1-2(3)4/h7-21H,1-6H3;1H3,(H,3,4)/q+1;/p-1. The van der Waals surface area contributed by atoms with E-state index in [-0.39, 0.29) is 10.9 Å². The summed E-state index contributed by atoms with van der Waals surface area (Å²) in [4.78, 5) is 13.1. The Balaban J connectivity index is 0.000000837. The molecule has 3 heteroatoms. The molecular formula is C29H36O2S. The first kappa shape index (κ1) is 25.7. The second kappa shape index (κ2) is 11.9. The Bertz CT molecular complexity index is 843. The fourth-order valence-electron chi connectivity index (χ4n) is 3.37. The summed E-state index contributed by atoms with van der Waals surface area (Å²) in [6, 6.07) is 27.7. The van der Waals surface area contributed by atoms with Gasteiger partial charge in [-0.3, -0.25) is 0 Å². The lowest BCUT2D eigenvalue weighted by Crippen LogP contribution is -2.16. The monoisotopic (exact) mass is 448 g/mol. The van der Waals surface area contributed by atoms with Crippen LogP contribution in [0.4, 0.5) is 0 Å². The molecule has 0 radical (unpaired) electrons. The quantitative estimate of drug-likeness (QED) is 0.384. The van der Waals surface area contributed by atoms with Crippen molar-refractivity contribution in [1.29, 1.82) is 0 Å². The number of rotatable bonds is 6. The van der Waals surface area contributed by atoms with E-state index in [0.29, 0.717) is 17.8 Å². The van der Waals surface area contributed by atoms with Gasteiger partial charge in [0.25, 0.3) is 0 Å². The Morgan fingerprint density at radius 1 is 0.562 bits per heavy atom. The number of benzene rings is 3. The molecule has 0 N–H and O–H groups in total. The van der Waals surface area contributed by atoms with Crippen molar-refractivity contribution in [3.63, 3.8) is 0 Å². The Hall–Kier alpha value is -2.52. The fourth-order valence-corrected chi connectivity index (χ4v) is 5.42. The molecule has 0 amide bonds. The van der Waals surface area contributed by atoms with Gasteiger partial charge in [0.05, 0.1) is 10.9 Å². The van der Waals surface area contributed by atoms with Gasteiger partial charge in [-0.2, -0.15) is 0 Å². The number of carboxylic acids is 1. The summed E-state index contributed by atoms with van der Waals surface area (Å²) in [6.07, 6.45) is 0. The zero-order chi connectivity index (χ0) is 23.8. The molecule has 0 aromatic heterocycles. The summed E-state index contributed by atoms with van der Waals surface area (Å²) in [7, 11) is -0.0791. The highest BCUT2D eigenvalue weighted by Gasteiger charge is 2.29. The van der Waals surface area contributed by atoms with E-state index in [0.717, 1.165) is 6.92 Å². The number of aliphatic carboxylic acids is 1. The lowest BCUT2D eigenvalue weighted by molar-refractivity contribution is -0.302. The fraction of sp³-hybridized carbons (Fsp3) is 0.345. The zero-order valence-electron chi connectivity index (χ0n) is 20.4. The minimum atomic E-state index is -1.08. The Labute approximate surface area is 197 Å². The first-order valence-corrected chi connectivity index (χ1v) is 12.5. The summed E-state index contributed by atoms with van der Waals surface area (Å²) in [5.41, 5.74) is 4.20. The minimum absolute atomic E-state index is 0.0791. The van der Waals surface area contributed by atoms with E-state index in [2.05, 4.69) is 114 Å². The van der Waals surface area contributed by atoms with Crippen molar-refractivity contribution in [2.45, 2.75) is 80.9 Å². The summed E-state index contributed by atoms with van der Waals surface area (Å²) in [6.45, 7) is 14.5. The van der Waals surface area contributed by atoms with Gasteiger partial charge in [0.1, 0.15) is 0 Å². The van der Waals surface area contributed by atoms with Crippen LogP contribution in [0.5, 0.6) is 0 Å². The van der Waals surface area contributed by atoms with E-state index in [1.54, 1.807) is 0 Å². The van der Waals surface area contributed by atoms with E-state index < -0.39 is 5.97 Å². The third-order valence-electron chi connectivity index (χ3n) is 5.35. The van der Waals surface area contributed by atoms with E-state index in [9.17, 15) is 0 Å². The topological polar surface area (TPSA) is 40.1 Å². The first-order chi connectivity index (χ1) is 15.1. The Morgan fingerprint density at radius 3 is 0.906 bits per heavy atom. The molecule has 0 saturated carbocycles. The van der Waals surface area contributed by atoms with Gasteiger partial charge in [-0.1, -0.05) is 77.9 Å². The van der Waals surface area contributed by atoms with Crippen molar-refractivity contribution in [1.82, 2.24) is 0 Å². The van der Waals surface area contributed by atoms with Crippen LogP contribution in [0.3, 0.4) is 0 Å². The van der Waals surface area contributed by atoms with Gasteiger partial charge in [-0.05, 0) is 77.8 Å². The number of hydrogen-bond donors (Lipinski definition) is 0. The van der Waals surface area contributed by atoms with Crippen molar-refractivity contribution in [3.8, 4) is 0 Å². The van der Waals surface area contributed by atoms with E-state index >= 15 is 0 Å². The average molecular weight is 449 g/mol. The van der Waals surface area contributed by atoms with Gasteiger partial charge in [-0.25, -0.2) is 0 Å². The van der Waals surface area contributed by atoms with Crippen LogP contribution < -0.4 is 5.11 Å². The molecule has 3 aromatic rings. The molecule has 3 rings (SSSR count). The van der Waals surface area contributed by atoms with Gasteiger partial charge in [0.2, 0.25) is 0 Å². The molecule has 0 fully saturated rings. The molecule has 0 heterocycles.